The average Bonchev–Trinajstić information content (AvgIpc) is 2.38. The highest BCUT2D eigenvalue weighted by molar-refractivity contribution is 5.94. The number of rotatable bonds is 6. The van der Waals surface area contributed by atoms with Gasteiger partial charge in [-0.15, -0.1) is 0 Å². The van der Waals surface area contributed by atoms with Gasteiger partial charge < -0.3 is 15.4 Å². The summed E-state index contributed by atoms with van der Waals surface area (Å²) in [5.74, 6) is -1.04. The monoisotopic (exact) mass is 268 g/mol. The zero-order chi connectivity index (χ0) is 14.3. The SMILES string of the molecule is COCC(=O)NCCNC(=O)c1ccc(C)c(F)c1. The van der Waals surface area contributed by atoms with E-state index in [1.54, 1.807) is 19.1 Å². The second-order valence-electron chi connectivity index (χ2n) is 4.00. The molecule has 1 aromatic carbocycles. The van der Waals surface area contributed by atoms with E-state index in [1.165, 1.54) is 13.2 Å². The van der Waals surface area contributed by atoms with Crippen LogP contribution in [0.1, 0.15) is 15.9 Å². The number of carbonyl (C=O) groups is 2. The molecule has 6 heteroatoms. The molecule has 2 N–H and O–H groups in total. The first-order chi connectivity index (χ1) is 9.04. The molecule has 0 aliphatic carbocycles. The van der Waals surface area contributed by atoms with Gasteiger partial charge in [0.25, 0.3) is 5.91 Å². The lowest BCUT2D eigenvalue weighted by Crippen LogP contribution is -2.36. The number of hydrogen-bond donors (Lipinski definition) is 2. The second kappa shape index (κ2) is 7.48. The molecule has 0 radical (unpaired) electrons. The minimum Gasteiger partial charge on any atom is -0.375 e. The van der Waals surface area contributed by atoms with Crippen LogP contribution in [-0.2, 0) is 9.53 Å². The van der Waals surface area contributed by atoms with Crippen LogP contribution in [0.3, 0.4) is 0 Å². The van der Waals surface area contributed by atoms with Crippen molar-refractivity contribution in [3.05, 3.63) is 35.1 Å². The van der Waals surface area contributed by atoms with Crippen LogP contribution < -0.4 is 10.6 Å². The van der Waals surface area contributed by atoms with Gasteiger partial charge in [0.2, 0.25) is 5.91 Å². The van der Waals surface area contributed by atoms with Gasteiger partial charge >= 0.3 is 0 Å². The minimum absolute atomic E-state index is 0.0167. The molecule has 0 bridgehead atoms. The molecule has 0 aliphatic rings. The smallest absolute Gasteiger partial charge is 0.251 e. The van der Waals surface area contributed by atoms with Gasteiger partial charge in [-0.25, -0.2) is 4.39 Å². The van der Waals surface area contributed by atoms with Crippen LogP contribution in [0.2, 0.25) is 0 Å². The number of amides is 2. The number of nitrogens with one attached hydrogen (secondary N) is 2. The van der Waals surface area contributed by atoms with Gasteiger partial charge in [0.05, 0.1) is 0 Å². The Labute approximate surface area is 111 Å². The molecule has 0 heterocycles. The molecule has 0 fully saturated rings. The lowest BCUT2D eigenvalue weighted by Gasteiger charge is -2.07. The van der Waals surface area contributed by atoms with Crippen LogP contribution in [0.25, 0.3) is 0 Å². The molecule has 0 saturated heterocycles. The van der Waals surface area contributed by atoms with Gasteiger partial charge in [-0.3, -0.25) is 9.59 Å². The standard InChI is InChI=1S/C13H17FN2O3/c1-9-3-4-10(7-11(9)14)13(18)16-6-5-15-12(17)8-19-2/h3-4,7H,5-6,8H2,1-2H3,(H,15,17)(H,16,18). The summed E-state index contributed by atoms with van der Waals surface area (Å²) in [6, 6.07) is 4.29. The summed E-state index contributed by atoms with van der Waals surface area (Å²) in [5.41, 5.74) is 0.745. The largest absolute Gasteiger partial charge is 0.375 e. The third kappa shape index (κ3) is 5.05. The molecule has 2 amide bonds. The first-order valence-electron chi connectivity index (χ1n) is 5.84. The molecule has 0 unspecified atom stereocenters. The molecule has 0 aliphatic heterocycles. The van der Waals surface area contributed by atoms with E-state index in [-0.39, 0.29) is 30.5 Å². The van der Waals surface area contributed by atoms with E-state index in [0.29, 0.717) is 12.1 Å². The average molecular weight is 268 g/mol. The van der Waals surface area contributed by atoms with E-state index < -0.39 is 5.82 Å². The van der Waals surface area contributed by atoms with Gasteiger partial charge in [-0.2, -0.15) is 0 Å². The highest BCUT2D eigenvalue weighted by atomic mass is 19.1. The molecule has 1 rings (SSSR count). The van der Waals surface area contributed by atoms with Gasteiger partial charge in [-0.1, -0.05) is 6.07 Å². The third-order valence-corrected chi connectivity index (χ3v) is 2.44. The van der Waals surface area contributed by atoms with Gasteiger partial charge in [-0.05, 0) is 24.6 Å². The van der Waals surface area contributed by atoms with Crippen molar-refractivity contribution in [3.8, 4) is 0 Å². The Morgan fingerprint density at radius 1 is 1.26 bits per heavy atom. The summed E-state index contributed by atoms with van der Waals surface area (Å²) in [6.07, 6.45) is 0. The van der Waals surface area contributed by atoms with Crippen LogP contribution in [0.5, 0.6) is 0 Å². The molecule has 0 aromatic heterocycles. The number of ether oxygens (including phenoxy) is 1. The van der Waals surface area contributed by atoms with Crippen molar-refractivity contribution in [1.29, 1.82) is 0 Å². The van der Waals surface area contributed by atoms with Crippen LogP contribution in [0, 0.1) is 12.7 Å². The maximum atomic E-state index is 13.3. The Hall–Kier alpha value is -1.95. The Kier molecular flexibility index (Phi) is 5.95. The third-order valence-electron chi connectivity index (χ3n) is 2.44. The van der Waals surface area contributed by atoms with Gasteiger partial charge in [0, 0.05) is 25.8 Å². The van der Waals surface area contributed by atoms with Crippen molar-refractivity contribution in [1.82, 2.24) is 10.6 Å². The molecule has 0 spiro atoms. The Morgan fingerprint density at radius 2 is 1.95 bits per heavy atom. The molecule has 0 saturated carbocycles. The van der Waals surface area contributed by atoms with Crippen molar-refractivity contribution in [2.24, 2.45) is 0 Å². The number of halogens is 1. The van der Waals surface area contributed by atoms with Crippen LogP contribution >= 0.6 is 0 Å². The number of benzene rings is 1. The second-order valence-corrected chi connectivity index (χ2v) is 4.00. The van der Waals surface area contributed by atoms with Gasteiger partial charge in [0.1, 0.15) is 12.4 Å². The van der Waals surface area contributed by atoms with Gasteiger partial charge in [0.15, 0.2) is 0 Å². The summed E-state index contributed by atoms with van der Waals surface area (Å²) in [7, 11) is 1.42. The molecule has 5 nitrogen and oxygen atoms in total. The van der Waals surface area contributed by atoms with Crippen molar-refractivity contribution in [2.75, 3.05) is 26.8 Å². The van der Waals surface area contributed by atoms with E-state index in [4.69, 9.17) is 0 Å². The lowest BCUT2D eigenvalue weighted by atomic mass is 10.1. The zero-order valence-electron chi connectivity index (χ0n) is 11.0. The first-order valence-corrected chi connectivity index (χ1v) is 5.84. The Morgan fingerprint density at radius 3 is 2.58 bits per heavy atom. The normalized spacial score (nSPS) is 10.1. The van der Waals surface area contributed by atoms with Crippen LogP contribution in [0.15, 0.2) is 18.2 Å². The van der Waals surface area contributed by atoms with E-state index in [0.717, 1.165) is 0 Å². The predicted octanol–water partition coefficient (Wildman–Crippen LogP) is 0.627. The predicted molar refractivity (Wildman–Crippen MR) is 68.4 cm³/mol. The Balaban J connectivity index is 2.35. The molecular formula is C13H17FN2O3. The van der Waals surface area contributed by atoms with Crippen molar-refractivity contribution < 1.29 is 18.7 Å². The molecule has 19 heavy (non-hydrogen) atoms. The van der Waals surface area contributed by atoms with E-state index in [1.807, 2.05) is 0 Å². The fourth-order valence-corrected chi connectivity index (χ4v) is 1.40. The maximum absolute atomic E-state index is 13.3. The highest BCUT2D eigenvalue weighted by Crippen LogP contribution is 2.08. The first kappa shape index (κ1) is 15.1. The fourth-order valence-electron chi connectivity index (χ4n) is 1.40. The van der Waals surface area contributed by atoms with Crippen LogP contribution in [-0.4, -0.2) is 38.6 Å². The zero-order valence-corrected chi connectivity index (χ0v) is 11.0. The van der Waals surface area contributed by atoms with E-state index in [9.17, 15) is 14.0 Å². The van der Waals surface area contributed by atoms with Crippen molar-refractivity contribution in [3.63, 3.8) is 0 Å². The fraction of sp³-hybridized carbons (Fsp3) is 0.385. The summed E-state index contributed by atoms with van der Waals surface area (Å²) in [4.78, 5) is 22.7. The summed E-state index contributed by atoms with van der Waals surface area (Å²) >= 11 is 0. The van der Waals surface area contributed by atoms with E-state index in [2.05, 4.69) is 15.4 Å². The number of hydrogen-bond acceptors (Lipinski definition) is 3. The number of methoxy groups -OCH3 is 1. The lowest BCUT2D eigenvalue weighted by molar-refractivity contribution is -0.124. The number of aryl methyl sites for hydroxylation is 1. The Bertz CT molecular complexity index is 463. The molecule has 0 atom stereocenters. The van der Waals surface area contributed by atoms with E-state index >= 15 is 0 Å². The molecule has 104 valence electrons. The summed E-state index contributed by atoms with van der Waals surface area (Å²) in [6.45, 7) is 2.17. The highest BCUT2D eigenvalue weighted by Gasteiger charge is 2.07. The summed E-state index contributed by atoms with van der Waals surface area (Å²) in [5, 5.41) is 5.14. The molecule has 1 aromatic rings. The van der Waals surface area contributed by atoms with Crippen molar-refractivity contribution >= 4 is 11.8 Å². The minimum atomic E-state index is -0.416. The topological polar surface area (TPSA) is 67.4 Å². The molecular weight excluding hydrogens is 251 g/mol. The maximum Gasteiger partial charge on any atom is 0.251 e. The number of carbonyl (C=O) groups excluding carboxylic acids is 2. The van der Waals surface area contributed by atoms with Crippen LogP contribution in [0.4, 0.5) is 4.39 Å². The van der Waals surface area contributed by atoms with Crippen molar-refractivity contribution in [2.45, 2.75) is 6.92 Å². The summed E-state index contributed by atoms with van der Waals surface area (Å²) < 4.78 is 17.9. The quantitative estimate of drug-likeness (QED) is 0.743.